The molecule has 2 rings (SSSR count). The SMILES string of the molecule is CO/C(O[Si](C)(C)C)=C(\C)C(=O)CC1(CSc2ccccc2)CCC(O[Si](C)(C)C)O1. The Morgan fingerprint density at radius 3 is 2.32 bits per heavy atom. The number of carbonyl (C=O) groups is 1. The number of hydrogen-bond donors (Lipinski definition) is 0. The smallest absolute Gasteiger partial charge is 0.271 e. The van der Waals surface area contributed by atoms with Gasteiger partial charge in [0.2, 0.25) is 8.32 Å². The summed E-state index contributed by atoms with van der Waals surface area (Å²) in [6.07, 6.45) is 1.63. The van der Waals surface area contributed by atoms with Crippen LogP contribution in [0.15, 0.2) is 46.7 Å². The molecule has 1 aliphatic heterocycles. The van der Waals surface area contributed by atoms with E-state index in [4.69, 9.17) is 18.3 Å². The number of ether oxygens (including phenoxy) is 2. The highest BCUT2D eigenvalue weighted by molar-refractivity contribution is 7.99. The zero-order valence-electron chi connectivity index (χ0n) is 20.2. The Morgan fingerprint density at radius 1 is 1.13 bits per heavy atom. The Morgan fingerprint density at radius 2 is 1.77 bits per heavy atom. The third-order valence-electron chi connectivity index (χ3n) is 4.74. The van der Waals surface area contributed by atoms with Gasteiger partial charge in [0.15, 0.2) is 14.1 Å². The second kappa shape index (κ2) is 10.7. The summed E-state index contributed by atoms with van der Waals surface area (Å²) in [5.74, 6) is 1.03. The Balaban J connectivity index is 2.21. The highest BCUT2D eigenvalue weighted by Crippen LogP contribution is 2.40. The third kappa shape index (κ3) is 8.77. The first-order valence-corrected chi connectivity index (χ1v) is 18.6. The van der Waals surface area contributed by atoms with E-state index < -0.39 is 22.2 Å². The lowest BCUT2D eigenvalue weighted by atomic mass is 9.93. The number of allylic oxidation sites excluding steroid dienone is 1. The number of ketones is 1. The van der Waals surface area contributed by atoms with Crippen LogP contribution in [0.25, 0.3) is 0 Å². The van der Waals surface area contributed by atoms with Gasteiger partial charge in [-0.05, 0) is 64.8 Å². The van der Waals surface area contributed by atoms with Gasteiger partial charge in [0.25, 0.3) is 5.95 Å². The van der Waals surface area contributed by atoms with Crippen molar-refractivity contribution >= 4 is 34.2 Å². The maximum absolute atomic E-state index is 13.3. The molecule has 1 fully saturated rings. The molecule has 2 atom stereocenters. The fraction of sp³-hybridized carbons (Fsp3) is 0.609. The van der Waals surface area contributed by atoms with E-state index in [9.17, 15) is 4.79 Å². The zero-order valence-corrected chi connectivity index (χ0v) is 23.1. The van der Waals surface area contributed by atoms with Crippen LogP contribution in [-0.2, 0) is 23.1 Å². The van der Waals surface area contributed by atoms with E-state index >= 15 is 0 Å². The minimum absolute atomic E-state index is 0.00239. The van der Waals surface area contributed by atoms with Crippen molar-refractivity contribution in [3.8, 4) is 0 Å². The van der Waals surface area contributed by atoms with Gasteiger partial charge in [-0.15, -0.1) is 11.8 Å². The molecule has 8 heteroatoms. The Bertz CT molecular complexity index is 770. The van der Waals surface area contributed by atoms with Gasteiger partial charge in [-0.1, -0.05) is 18.2 Å². The van der Waals surface area contributed by atoms with Crippen molar-refractivity contribution in [3.05, 3.63) is 41.9 Å². The summed E-state index contributed by atoms with van der Waals surface area (Å²) in [6, 6.07) is 10.2. The Kier molecular flexibility index (Phi) is 9.04. The Labute approximate surface area is 194 Å². The van der Waals surface area contributed by atoms with Crippen LogP contribution in [0.5, 0.6) is 0 Å². The molecular formula is C23H38O5SSi2. The van der Waals surface area contributed by atoms with E-state index in [1.165, 1.54) is 4.90 Å². The molecule has 1 aromatic rings. The number of thioether (sulfide) groups is 1. The van der Waals surface area contributed by atoms with Crippen molar-refractivity contribution in [3.63, 3.8) is 0 Å². The van der Waals surface area contributed by atoms with Gasteiger partial charge in [-0.3, -0.25) is 4.79 Å². The van der Waals surface area contributed by atoms with Crippen molar-refractivity contribution in [1.29, 1.82) is 0 Å². The van der Waals surface area contributed by atoms with Crippen molar-refractivity contribution in [2.75, 3.05) is 12.9 Å². The number of benzene rings is 1. The number of hydrogen-bond acceptors (Lipinski definition) is 6. The van der Waals surface area contributed by atoms with Gasteiger partial charge in [-0.25, -0.2) is 0 Å². The van der Waals surface area contributed by atoms with Crippen molar-refractivity contribution < 1.29 is 23.1 Å². The second-order valence-corrected chi connectivity index (χ2v) is 20.0. The molecule has 1 saturated heterocycles. The minimum Gasteiger partial charge on any atom is -0.519 e. The van der Waals surface area contributed by atoms with Gasteiger partial charge in [0.1, 0.15) is 6.29 Å². The highest BCUT2D eigenvalue weighted by atomic mass is 32.2. The van der Waals surface area contributed by atoms with E-state index in [0.29, 0.717) is 17.3 Å². The van der Waals surface area contributed by atoms with E-state index in [1.807, 2.05) is 18.2 Å². The minimum atomic E-state index is -1.90. The second-order valence-electron chi connectivity index (χ2n) is 10.0. The third-order valence-corrected chi connectivity index (χ3v) is 7.78. The van der Waals surface area contributed by atoms with Crippen LogP contribution < -0.4 is 0 Å². The number of rotatable bonds is 11. The van der Waals surface area contributed by atoms with Crippen LogP contribution in [0, 0.1) is 0 Å². The molecule has 0 spiro atoms. The quantitative estimate of drug-likeness (QED) is 0.162. The molecule has 0 N–H and O–H groups in total. The maximum atomic E-state index is 13.3. The van der Waals surface area contributed by atoms with Gasteiger partial charge >= 0.3 is 0 Å². The predicted octanol–water partition coefficient (Wildman–Crippen LogP) is 6.19. The highest BCUT2D eigenvalue weighted by Gasteiger charge is 2.44. The molecule has 0 aromatic heterocycles. The zero-order chi connectivity index (χ0) is 23.3. The summed E-state index contributed by atoms with van der Waals surface area (Å²) >= 11 is 1.72. The lowest BCUT2D eigenvalue weighted by molar-refractivity contribution is -0.135. The van der Waals surface area contributed by atoms with E-state index in [0.717, 1.165) is 12.8 Å². The largest absolute Gasteiger partial charge is 0.519 e. The van der Waals surface area contributed by atoms with Gasteiger partial charge in [-0.2, -0.15) is 0 Å². The molecule has 0 saturated carbocycles. The maximum Gasteiger partial charge on any atom is 0.271 e. The molecule has 2 unspecified atom stereocenters. The molecule has 0 aliphatic carbocycles. The summed E-state index contributed by atoms with van der Waals surface area (Å²) in [7, 11) is -2.09. The van der Waals surface area contributed by atoms with E-state index in [1.54, 1.807) is 25.8 Å². The molecule has 0 bridgehead atoms. The average molecular weight is 483 g/mol. The average Bonchev–Trinajstić information content (AvgIpc) is 3.05. The first-order chi connectivity index (χ1) is 14.3. The van der Waals surface area contributed by atoms with E-state index in [2.05, 4.69) is 51.4 Å². The molecule has 31 heavy (non-hydrogen) atoms. The fourth-order valence-corrected chi connectivity index (χ4v) is 6.20. The van der Waals surface area contributed by atoms with Crippen LogP contribution in [0.2, 0.25) is 39.3 Å². The van der Waals surface area contributed by atoms with E-state index in [-0.39, 0.29) is 18.5 Å². The lowest BCUT2D eigenvalue weighted by Crippen LogP contribution is -2.38. The summed E-state index contributed by atoms with van der Waals surface area (Å²) in [4.78, 5) is 14.4. The standard InChI is InChI=1S/C23H38O5SSi2/c1-18(22(25-2)28-31(6,7)8)20(24)16-23(17-29-19-12-10-9-11-13-19)15-14-21(26-23)27-30(3,4)5/h9-13,21H,14-17H2,1-8H3/b22-18-. The monoisotopic (exact) mass is 482 g/mol. The summed E-state index contributed by atoms with van der Waals surface area (Å²) in [5.41, 5.74) is -0.0477. The van der Waals surface area contributed by atoms with Crippen LogP contribution in [0.3, 0.4) is 0 Å². The van der Waals surface area contributed by atoms with Crippen LogP contribution in [0.4, 0.5) is 0 Å². The van der Waals surface area contributed by atoms with Crippen LogP contribution in [-0.4, -0.2) is 47.2 Å². The van der Waals surface area contributed by atoms with Gasteiger partial charge in [0.05, 0.1) is 18.3 Å². The van der Waals surface area contributed by atoms with Gasteiger partial charge < -0.3 is 18.3 Å². The number of Topliss-reactive ketones (excluding diaryl/α,β-unsaturated/α-hetero) is 1. The molecule has 5 nitrogen and oxygen atoms in total. The lowest BCUT2D eigenvalue weighted by Gasteiger charge is -2.31. The van der Waals surface area contributed by atoms with Crippen molar-refractivity contribution in [1.82, 2.24) is 0 Å². The van der Waals surface area contributed by atoms with Crippen LogP contribution >= 0.6 is 11.8 Å². The van der Waals surface area contributed by atoms with Gasteiger partial charge in [0, 0.05) is 23.5 Å². The topological polar surface area (TPSA) is 54.0 Å². The van der Waals surface area contributed by atoms with Crippen molar-refractivity contribution in [2.24, 2.45) is 0 Å². The normalized spacial score (nSPS) is 22.8. The van der Waals surface area contributed by atoms with Crippen molar-refractivity contribution in [2.45, 2.75) is 82.3 Å². The molecule has 1 heterocycles. The molecule has 0 radical (unpaired) electrons. The number of carbonyl (C=O) groups excluding carboxylic acids is 1. The first-order valence-electron chi connectivity index (χ1n) is 10.8. The van der Waals surface area contributed by atoms with Crippen LogP contribution in [0.1, 0.15) is 26.2 Å². The summed E-state index contributed by atoms with van der Waals surface area (Å²) in [5, 5.41) is 0. The number of methoxy groups -OCH3 is 1. The molecular weight excluding hydrogens is 444 g/mol. The fourth-order valence-electron chi connectivity index (χ4n) is 3.36. The Hall–Kier alpha value is -1.07. The molecule has 1 aliphatic rings. The predicted molar refractivity (Wildman–Crippen MR) is 132 cm³/mol. The summed E-state index contributed by atoms with van der Waals surface area (Å²) in [6.45, 7) is 14.5. The first kappa shape index (κ1) is 26.2. The molecule has 0 amide bonds. The molecule has 1 aromatic carbocycles. The molecule has 174 valence electrons. The summed E-state index contributed by atoms with van der Waals surface area (Å²) < 4.78 is 24.1.